The van der Waals surface area contributed by atoms with Crippen LogP contribution in [0.5, 0.6) is 0 Å². The van der Waals surface area contributed by atoms with E-state index >= 15 is 0 Å². The monoisotopic (exact) mass is 347 g/mol. The number of ether oxygens (including phenoxy) is 1. The molecule has 0 radical (unpaired) electrons. The minimum absolute atomic E-state index is 0.0337. The molecule has 2 rings (SSSR count). The van der Waals surface area contributed by atoms with Crippen molar-refractivity contribution in [2.24, 2.45) is 0 Å². The predicted molar refractivity (Wildman–Crippen MR) is 78.9 cm³/mol. The van der Waals surface area contributed by atoms with Gasteiger partial charge in [0.25, 0.3) is 0 Å². The summed E-state index contributed by atoms with van der Waals surface area (Å²) in [5, 5.41) is 19.9. The van der Waals surface area contributed by atoms with E-state index in [-0.39, 0.29) is 13.2 Å². The van der Waals surface area contributed by atoms with Crippen molar-refractivity contribution in [3.05, 3.63) is 35.9 Å². The number of nitrogens with zero attached hydrogens (tertiary/aromatic N) is 1. The molecule has 0 unspecified atom stereocenters. The fourth-order valence-corrected chi connectivity index (χ4v) is 2.93. The van der Waals surface area contributed by atoms with Gasteiger partial charge in [0.1, 0.15) is 18.2 Å². The van der Waals surface area contributed by atoms with E-state index in [1.165, 1.54) is 6.92 Å². The van der Waals surface area contributed by atoms with Crippen LogP contribution in [0.4, 0.5) is 13.2 Å². The van der Waals surface area contributed by atoms with Crippen LogP contribution in [0.1, 0.15) is 18.9 Å². The molecule has 2 N–H and O–H groups in total. The molecule has 4 atom stereocenters. The van der Waals surface area contributed by atoms with Crippen molar-refractivity contribution in [1.82, 2.24) is 4.90 Å². The fourth-order valence-electron chi connectivity index (χ4n) is 2.93. The number of benzene rings is 1. The maximum absolute atomic E-state index is 13.4. The third-order valence-electron chi connectivity index (χ3n) is 4.05. The molecule has 0 aromatic heterocycles. The number of piperidine rings is 1. The fraction of sp³-hybridized carbons (Fsp3) is 0.562. The minimum Gasteiger partial charge on any atom is -0.465 e. The lowest BCUT2D eigenvalue weighted by atomic mass is 9.89. The summed E-state index contributed by atoms with van der Waals surface area (Å²) in [6, 6.07) is 4.70. The molecular formula is C16H20F3NO4. The summed E-state index contributed by atoms with van der Waals surface area (Å²) in [4.78, 5) is 13.0. The number of esters is 1. The highest BCUT2D eigenvalue weighted by atomic mass is 19.4. The number of hydrogen-bond donors (Lipinski definition) is 2. The number of hydrogen-bond acceptors (Lipinski definition) is 5. The van der Waals surface area contributed by atoms with Gasteiger partial charge < -0.3 is 14.9 Å². The van der Waals surface area contributed by atoms with Gasteiger partial charge in [0.05, 0.1) is 12.7 Å². The van der Waals surface area contributed by atoms with Crippen molar-refractivity contribution >= 4 is 5.97 Å². The lowest BCUT2D eigenvalue weighted by Crippen LogP contribution is -2.65. The van der Waals surface area contributed by atoms with Crippen LogP contribution >= 0.6 is 0 Å². The molecule has 1 fully saturated rings. The van der Waals surface area contributed by atoms with E-state index in [2.05, 4.69) is 0 Å². The Morgan fingerprint density at radius 1 is 1.29 bits per heavy atom. The summed E-state index contributed by atoms with van der Waals surface area (Å²) in [5.41, 5.74) is 0.560. The van der Waals surface area contributed by atoms with Crippen LogP contribution in [0.2, 0.25) is 0 Å². The molecule has 1 aromatic rings. The van der Waals surface area contributed by atoms with Crippen LogP contribution < -0.4 is 0 Å². The topological polar surface area (TPSA) is 70.0 Å². The second kappa shape index (κ2) is 7.50. The van der Waals surface area contributed by atoms with Crippen molar-refractivity contribution < 1.29 is 32.9 Å². The molecule has 1 heterocycles. The molecule has 1 saturated heterocycles. The second-order valence-electron chi connectivity index (χ2n) is 5.71. The molecule has 134 valence electrons. The van der Waals surface area contributed by atoms with Crippen LogP contribution in [0.3, 0.4) is 0 Å². The van der Waals surface area contributed by atoms with E-state index in [1.807, 2.05) is 0 Å². The van der Waals surface area contributed by atoms with Crippen molar-refractivity contribution in [2.75, 3.05) is 6.61 Å². The van der Waals surface area contributed by atoms with Crippen LogP contribution in [-0.2, 0) is 16.1 Å². The average Bonchev–Trinajstić information content (AvgIpc) is 2.51. The molecule has 1 aliphatic rings. The number of halogens is 3. The summed E-state index contributed by atoms with van der Waals surface area (Å²) in [6.07, 6.45) is -8.65. The van der Waals surface area contributed by atoms with Gasteiger partial charge in [-0.3, -0.25) is 9.69 Å². The Morgan fingerprint density at radius 2 is 1.92 bits per heavy atom. The van der Waals surface area contributed by atoms with Crippen molar-refractivity contribution in [2.45, 2.75) is 50.4 Å². The number of aliphatic hydroxyl groups excluding tert-OH is 2. The standard InChI is InChI=1S/C16H20F3NO4/c1-2-24-15(23)13-14(22)11(21)8-12(16(17,18)19)20(13)9-10-6-4-3-5-7-10/h3-7,11-14,21-22H,2,8-9H2,1H3/t11-,12-,13-,14-/m1/s1. The molecule has 0 aliphatic carbocycles. The first-order valence-electron chi connectivity index (χ1n) is 7.64. The zero-order valence-corrected chi connectivity index (χ0v) is 13.1. The van der Waals surface area contributed by atoms with E-state index in [9.17, 15) is 28.2 Å². The van der Waals surface area contributed by atoms with Gasteiger partial charge in [-0.1, -0.05) is 30.3 Å². The molecule has 1 aromatic carbocycles. The summed E-state index contributed by atoms with van der Waals surface area (Å²) < 4.78 is 45.1. The molecule has 5 nitrogen and oxygen atoms in total. The minimum atomic E-state index is -4.65. The molecule has 0 bridgehead atoms. The predicted octanol–water partition coefficient (Wildman–Crippen LogP) is 1.48. The summed E-state index contributed by atoms with van der Waals surface area (Å²) >= 11 is 0. The maximum atomic E-state index is 13.4. The molecule has 8 heteroatoms. The first kappa shape index (κ1) is 18.7. The Bertz CT molecular complexity index is 552. The van der Waals surface area contributed by atoms with Gasteiger partial charge >= 0.3 is 12.1 Å². The van der Waals surface area contributed by atoms with Crippen molar-refractivity contribution in [3.63, 3.8) is 0 Å². The zero-order chi connectivity index (χ0) is 17.9. The lowest BCUT2D eigenvalue weighted by molar-refractivity contribution is -0.230. The largest absolute Gasteiger partial charge is 0.465 e. The second-order valence-corrected chi connectivity index (χ2v) is 5.71. The maximum Gasteiger partial charge on any atom is 0.404 e. The number of aliphatic hydroxyl groups is 2. The first-order chi connectivity index (χ1) is 11.3. The number of likely N-dealkylation sites (tertiary alicyclic amines) is 1. The number of carbonyl (C=O) groups excluding carboxylic acids is 1. The third-order valence-corrected chi connectivity index (χ3v) is 4.05. The molecule has 0 spiro atoms. The highest BCUT2D eigenvalue weighted by molar-refractivity contribution is 5.77. The van der Waals surface area contributed by atoms with Gasteiger partial charge in [-0.25, -0.2) is 0 Å². The van der Waals surface area contributed by atoms with Crippen LogP contribution in [0, 0.1) is 0 Å². The van der Waals surface area contributed by atoms with E-state index in [0.29, 0.717) is 5.56 Å². The summed E-state index contributed by atoms with van der Waals surface area (Å²) in [6.45, 7) is 1.29. The third kappa shape index (κ3) is 4.06. The SMILES string of the molecule is CCOC(=O)[C@H]1[C@H](O)[C@H](O)C[C@H](C(F)(F)F)N1Cc1ccccc1. The molecule has 1 aliphatic heterocycles. The van der Waals surface area contributed by atoms with Gasteiger partial charge in [-0.05, 0) is 12.5 Å². The number of rotatable bonds is 4. The summed E-state index contributed by atoms with van der Waals surface area (Å²) in [7, 11) is 0. The first-order valence-corrected chi connectivity index (χ1v) is 7.64. The quantitative estimate of drug-likeness (QED) is 0.808. The average molecular weight is 347 g/mol. The Labute approximate surface area is 137 Å². The molecular weight excluding hydrogens is 327 g/mol. The normalized spacial score (nSPS) is 28.6. The van der Waals surface area contributed by atoms with E-state index in [4.69, 9.17) is 4.74 Å². The van der Waals surface area contributed by atoms with Gasteiger partial charge in [-0.2, -0.15) is 13.2 Å². The Morgan fingerprint density at radius 3 is 2.46 bits per heavy atom. The Hall–Kier alpha value is -1.64. The number of carbonyl (C=O) groups is 1. The van der Waals surface area contributed by atoms with Crippen LogP contribution in [0.25, 0.3) is 0 Å². The zero-order valence-electron chi connectivity index (χ0n) is 13.1. The molecule has 24 heavy (non-hydrogen) atoms. The highest BCUT2D eigenvalue weighted by Gasteiger charge is 2.55. The summed E-state index contributed by atoms with van der Waals surface area (Å²) in [5.74, 6) is -0.978. The number of alkyl halides is 3. The van der Waals surface area contributed by atoms with Crippen molar-refractivity contribution in [1.29, 1.82) is 0 Å². The van der Waals surface area contributed by atoms with Gasteiger partial charge in [0.2, 0.25) is 0 Å². The lowest BCUT2D eigenvalue weighted by Gasteiger charge is -2.45. The van der Waals surface area contributed by atoms with E-state index in [0.717, 1.165) is 4.90 Å². The van der Waals surface area contributed by atoms with E-state index in [1.54, 1.807) is 30.3 Å². The van der Waals surface area contributed by atoms with Gasteiger partial charge in [0, 0.05) is 13.0 Å². The highest BCUT2D eigenvalue weighted by Crippen LogP contribution is 2.36. The van der Waals surface area contributed by atoms with Gasteiger partial charge in [0.15, 0.2) is 0 Å². The Kier molecular flexibility index (Phi) is 5.84. The molecule has 0 saturated carbocycles. The van der Waals surface area contributed by atoms with Crippen molar-refractivity contribution in [3.8, 4) is 0 Å². The van der Waals surface area contributed by atoms with E-state index < -0.39 is 42.9 Å². The van der Waals surface area contributed by atoms with Crippen LogP contribution in [-0.4, -0.2) is 58.2 Å². The smallest absolute Gasteiger partial charge is 0.404 e. The molecule has 0 amide bonds. The van der Waals surface area contributed by atoms with Gasteiger partial charge in [-0.15, -0.1) is 0 Å². The van der Waals surface area contributed by atoms with Crippen LogP contribution in [0.15, 0.2) is 30.3 Å². The Balaban J connectivity index is 2.38.